The first-order chi connectivity index (χ1) is 13.3. The van der Waals surface area contributed by atoms with Crippen molar-refractivity contribution < 1.29 is 14.3 Å². The van der Waals surface area contributed by atoms with Crippen LogP contribution in [0.25, 0.3) is 11.0 Å². The molecule has 0 saturated carbocycles. The Morgan fingerprint density at radius 2 is 2.04 bits per heavy atom. The zero-order valence-electron chi connectivity index (χ0n) is 15.6. The van der Waals surface area contributed by atoms with E-state index in [0.717, 1.165) is 10.6 Å². The Kier molecular flexibility index (Phi) is 5.81. The number of carbonyl (C=O) groups is 2. The first-order valence-electron chi connectivity index (χ1n) is 8.38. The van der Waals surface area contributed by atoms with Crippen LogP contribution in [0, 0.1) is 6.92 Å². The quantitative estimate of drug-likeness (QED) is 0.594. The summed E-state index contributed by atoms with van der Waals surface area (Å²) >= 11 is 7.26. The summed E-state index contributed by atoms with van der Waals surface area (Å²) in [6.07, 6.45) is 1.38. The minimum Gasteiger partial charge on any atom is -0.452 e. The second-order valence-electron chi connectivity index (χ2n) is 6.34. The number of esters is 1. The molecule has 3 aromatic heterocycles. The van der Waals surface area contributed by atoms with Crippen LogP contribution < -0.4 is 5.43 Å². The predicted octanol–water partition coefficient (Wildman–Crippen LogP) is 2.77. The molecule has 0 radical (unpaired) electrons. The summed E-state index contributed by atoms with van der Waals surface area (Å²) in [7, 11) is 3.29. The van der Waals surface area contributed by atoms with E-state index in [1.807, 2.05) is 13.0 Å². The van der Waals surface area contributed by atoms with Gasteiger partial charge < -0.3 is 14.2 Å². The van der Waals surface area contributed by atoms with E-state index in [1.165, 1.54) is 22.4 Å². The largest absolute Gasteiger partial charge is 0.452 e. The van der Waals surface area contributed by atoms with Gasteiger partial charge in [-0.3, -0.25) is 9.59 Å². The topological polar surface area (TPSA) is 81.5 Å². The Labute approximate surface area is 170 Å². The first kappa shape index (κ1) is 20.0. The molecule has 0 atom stereocenters. The minimum absolute atomic E-state index is 0.138. The van der Waals surface area contributed by atoms with Gasteiger partial charge in [0.1, 0.15) is 11.2 Å². The maximum atomic E-state index is 12.6. The number of halogens is 1. The van der Waals surface area contributed by atoms with E-state index in [0.29, 0.717) is 21.9 Å². The number of carbonyl (C=O) groups excluding carboxylic acids is 2. The van der Waals surface area contributed by atoms with Gasteiger partial charge in [0.25, 0.3) is 5.91 Å². The number of rotatable bonds is 5. The molecule has 3 aromatic rings. The highest BCUT2D eigenvalue weighted by Crippen LogP contribution is 2.22. The summed E-state index contributed by atoms with van der Waals surface area (Å²) < 4.78 is 7.31. The SMILES string of the molecule is Cc1ccc2c(=O)c(C(=O)OCC(=O)N(C)Cc3ccc(Cl)s3)cn(C)c2n1. The van der Waals surface area contributed by atoms with Gasteiger partial charge in [-0.1, -0.05) is 11.6 Å². The molecule has 1 amide bonds. The van der Waals surface area contributed by atoms with E-state index >= 15 is 0 Å². The number of hydrogen-bond donors (Lipinski definition) is 0. The van der Waals surface area contributed by atoms with Crippen LogP contribution in [0.4, 0.5) is 0 Å². The number of aromatic nitrogens is 2. The van der Waals surface area contributed by atoms with Gasteiger partial charge in [-0.15, -0.1) is 11.3 Å². The van der Waals surface area contributed by atoms with Crippen molar-refractivity contribution in [2.45, 2.75) is 13.5 Å². The molecular weight excluding hydrogens is 402 g/mol. The van der Waals surface area contributed by atoms with Gasteiger partial charge in [-0.25, -0.2) is 9.78 Å². The molecule has 0 spiro atoms. The normalized spacial score (nSPS) is 10.9. The molecule has 7 nitrogen and oxygen atoms in total. The summed E-state index contributed by atoms with van der Waals surface area (Å²) in [4.78, 5) is 43.9. The third-order valence-corrected chi connectivity index (χ3v) is 5.37. The summed E-state index contributed by atoms with van der Waals surface area (Å²) in [5.41, 5.74) is 0.631. The predicted molar refractivity (Wildman–Crippen MR) is 108 cm³/mol. The number of thiophene rings is 1. The van der Waals surface area contributed by atoms with Crippen LogP contribution in [-0.4, -0.2) is 40.0 Å². The fourth-order valence-corrected chi connectivity index (χ4v) is 3.81. The van der Waals surface area contributed by atoms with E-state index in [9.17, 15) is 14.4 Å². The first-order valence-corrected chi connectivity index (χ1v) is 9.58. The number of fused-ring (bicyclic) bond motifs is 1. The zero-order chi connectivity index (χ0) is 20.4. The van der Waals surface area contributed by atoms with Gasteiger partial charge in [0.2, 0.25) is 5.43 Å². The molecule has 28 heavy (non-hydrogen) atoms. The van der Waals surface area contributed by atoms with Crippen LogP contribution in [0.2, 0.25) is 4.34 Å². The Balaban J connectivity index is 1.71. The van der Waals surface area contributed by atoms with Crippen molar-refractivity contribution in [2.24, 2.45) is 7.05 Å². The highest BCUT2D eigenvalue weighted by Gasteiger charge is 2.19. The molecule has 0 aliphatic carbocycles. The van der Waals surface area contributed by atoms with E-state index in [1.54, 1.807) is 36.9 Å². The maximum absolute atomic E-state index is 12.6. The number of ether oxygens (including phenoxy) is 1. The standard InChI is InChI=1S/C19H18ClN3O4S/c1-11-4-6-13-17(25)14(9-23(3)18(13)21-11)19(26)27-10-16(24)22(2)8-12-5-7-15(20)28-12/h4-7,9H,8,10H2,1-3H3. The molecule has 9 heteroatoms. The van der Waals surface area contributed by atoms with Crippen LogP contribution in [0.3, 0.4) is 0 Å². The van der Waals surface area contributed by atoms with Gasteiger partial charge >= 0.3 is 5.97 Å². The number of nitrogens with zero attached hydrogens (tertiary/aromatic N) is 3. The van der Waals surface area contributed by atoms with Crippen LogP contribution in [0.5, 0.6) is 0 Å². The van der Waals surface area contributed by atoms with Crippen LogP contribution in [0.1, 0.15) is 20.9 Å². The lowest BCUT2D eigenvalue weighted by molar-refractivity contribution is -0.133. The molecule has 0 unspecified atom stereocenters. The van der Waals surface area contributed by atoms with Gasteiger partial charge in [0.15, 0.2) is 6.61 Å². The van der Waals surface area contributed by atoms with E-state index in [4.69, 9.17) is 16.3 Å². The number of likely N-dealkylation sites (N-methyl/N-ethyl adjacent to an activating group) is 1. The Morgan fingerprint density at radius 1 is 1.29 bits per heavy atom. The Morgan fingerprint density at radius 3 is 2.71 bits per heavy atom. The molecule has 0 fully saturated rings. The second kappa shape index (κ2) is 8.12. The number of amides is 1. The van der Waals surface area contributed by atoms with E-state index < -0.39 is 18.0 Å². The molecule has 0 aromatic carbocycles. The third-order valence-electron chi connectivity index (χ3n) is 4.15. The van der Waals surface area contributed by atoms with Crippen molar-refractivity contribution in [1.29, 1.82) is 0 Å². The molecule has 0 N–H and O–H groups in total. The minimum atomic E-state index is -0.844. The lowest BCUT2D eigenvalue weighted by Crippen LogP contribution is -2.31. The van der Waals surface area contributed by atoms with Crippen molar-refractivity contribution in [3.8, 4) is 0 Å². The number of pyridine rings is 2. The smallest absolute Gasteiger partial charge is 0.344 e. The highest BCUT2D eigenvalue weighted by molar-refractivity contribution is 7.16. The van der Waals surface area contributed by atoms with Crippen molar-refractivity contribution in [3.63, 3.8) is 0 Å². The summed E-state index contributed by atoms with van der Waals surface area (Å²) in [6.45, 7) is 1.72. The van der Waals surface area contributed by atoms with E-state index in [2.05, 4.69) is 4.98 Å². The molecule has 0 bridgehead atoms. The van der Waals surface area contributed by atoms with Gasteiger partial charge in [0.05, 0.1) is 16.3 Å². The number of aryl methyl sites for hydroxylation is 2. The summed E-state index contributed by atoms with van der Waals surface area (Å²) in [6, 6.07) is 6.92. The second-order valence-corrected chi connectivity index (χ2v) is 8.14. The van der Waals surface area contributed by atoms with Crippen LogP contribution in [0.15, 0.2) is 35.3 Å². The van der Waals surface area contributed by atoms with Crippen molar-refractivity contribution in [3.05, 3.63) is 61.2 Å². The van der Waals surface area contributed by atoms with Crippen LogP contribution in [-0.2, 0) is 23.1 Å². The molecule has 0 aliphatic heterocycles. The van der Waals surface area contributed by atoms with Gasteiger partial charge in [-0.2, -0.15) is 0 Å². The number of hydrogen-bond acceptors (Lipinski definition) is 6. The Bertz CT molecular complexity index is 1120. The van der Waals surface area contributed by atoms with Crippen molar-refractivity contribution in [1.82, 2.24) is 14.5 Å². The highest BCUT2D eigenvalue weighted by atomic mass is 35.5. The summed E-state index contributed by atoms with van der Waals surface area (Å²) in [5.74, 6) is -1.23. The average Bonchev–Trinajstić information content (AvgIpc) is 3.06. The molecule has 3 rings (SSSR count). The fraction of sp³-hybridized carbons (Fsp3) is 0.263. The molecule has 146 valence electrons. The lowest BCUT2D eigenvalue weighted by Gasteiger charge is -2.16. The maximum Gasteiger partial charge on any atom is 0.344 e. The van der Waals surface area contributed by atoms with E-state index in [-0.39, 0.29) is 11.5 Å². The van der Waals surface area contributed by atoms with Gasteiger partial charge in [-0.05, 0) is 31.2 Å². The molecule has 0 aliphatic rings. The van der Waals surface area contributed by atoms with Gasteiger partial charge in [0, 0.05) is 30.9 Å². The zero-order valence-corrected chi connectivity index (χ0v) is 17.1. The summed E-state index contributed by atoms with van der Waals surface area (Å²) in [5, 5.41) is 0.320. The lowest BCUT2D eigenvalue weighted by atomic mass is 10.2. The van der Waals surface area contributed by atoms with Crippen LogP contribution >= 0.6 is 22.9 Å². The molecule has 3 heterocycles. The third kappa shape index (κ3) is 4.23. The Hall–Kier alpha value is -2.71. The molecular formula is C19H18ClN3O4S. The average molecular weight is 420 g/mol. The van der Waals surface area contributed by atoms with Crippen molar-refractivity contribution >= 4 is 45.8 Å². The monoisotopic (exact) mass is 419 g/mol. The fourth-order valence-electron chi connectivity index (χ4n) is 2.67. The molecule has 0 saturated heterocycles. The van der Waals surface area contributed by atoms with Crippen molar-refractivity contribution in [2.75, 3.05) is 13.7 Å².